The van der Waals surface area contributed by atoms with Crippen LogP contribution in [0.25, 0.3) is 0 Å². The highest BCUT2D eigenvalue weighted by Gasteiger charge is 2.32. The Morgan fingerprint density at radius 2 is 2.05 bits per heavy atom. The van der Waals surface area contributed by atoms with Crippen LogP contribution in [0.3, 0.4) is 0 Å². The third-order valence-electron chi connectivity index (χ3n) is 3.32. The van der Waals surface area contributed by atoms with Crippen LogP contribution in [0.1, 0.15) is 26.7 Å². The van der Waals surface area contributed by atoms with Crippen molar-refractivity contribution in [1.29, 1.82) is 0 Å². The highest BCUT2D eigenvalue weighted by Crippen LogP contribution is 2.21. The Labute approximate surface area is 115 Å². The van der Waals surface area contributed by atoms with Gasteiger partial charge in [0.05, 0.1) is 12.0 Å². The summed E-state index contributed by atoms with van der Waals surface area (Å²) in [4.78, 5) is 25.3. The first kappa shape index (κ1) is 17.9. The van der Waals surface area contributed by atoms with Crippen LogP contribution in [0, 0.1) is 5.41 Å². The summed E-state index contributed by atoms with van der Waals surface area (Å²) in [6.45, 7) is 5.24. The van der Waals surface area contributed by atoms with Crippen LogP contribution in [0.5, 0.6) is 0 Å². The number of ether oxygens (including phenoxy) is 1. The topological polar surface area (TPSA) is 84.7 Å². The van der Waals surface area contributed by atoms with Crippen molar-refractivity contribution in [3.63, 3.8) is 0 Å². The second kappa shape index (κ2) is 8.87. The van der Waals surface area contributed by atoms with E-state index in [0.29, 0.717) is 19.6 Å². The average molecular weight is 273 g/mol. The normalized spacial score (nSPS) is 13.7. The Bertz CT molecular complexity index is 291. The first-order valence-electron chi connectivity index (χ1n) is 6.62. The monoisotopic (exact) mass is 273 g/mol. The minimum absolute atomic E-state index is 0.0569. The van der Waals surface area contributed by atoms with Crippen LogP contribution in [-0.2, 0) is 14.3 Å². The maximum absolute atomic E-state index is 12.2. The molecule has 0 radical (unpaired) electrons. The van der Waals surface area contributed by atoms with Crippen molar-refractivity contribution < 1.29 is 14.3 Å². The van der Waals surface area contributed by atoms with E-state index in [9.17, 15) is 9.59 Å². The largest absolute Gasteiger partial charge is 0.385 e. The minimum atomic E-state index is -0.592. The van der Waals surface area contributed by atoms with Gasteiger partial charge in [-0.05, 0) is 19.8 Å². The van der Waals surface area contributed by atoms with E-state index in [1.165, 1.54) is 4.90 Å². The number of likely N-dealkylation sites (N-methyl/N-ethyl adjacent to an activating group) is 1. The molecule has 0 aliphatic carbocycles. The maximum atomic E-state index is 12.2. The van der Waals surface area contributed by atoms with Gasteiger partial charge in [0.25, 0.3) is 0 Å². The van der Waals surface area contributed by atoms with Gasteiger partial charge in [-0.15, -0.1) is 0 Å². The molecule has 0 saturated heterocycles. The van der Waals surface area contributed by atoms with Crippen LogP contribution in [0.4, 0.5) is 0 Å². The molecule has 0 spiro atoms. The number of nitrogens with two attached hydrogens (primary N) is 1. The second-order valence-electron chi connectivity index (χ2n) is 4.98. The minimum Gasteiger partial charge on any atom is -0.385 e. The van der Waals surface area contributed by atoms with E-state index in [2.05, 4.69) is 5.32 Å². The molecule has 0 aromatic heterocycles. The number of hydrogen-bond donors (Lipinski definition) is 2. The van der Waals surface area contributed by atoms with Crippen LogP contribution in [0.2, 0.25) is 0 Å². The SMILES string of the molecule is CCC(C)(CN)C(=O)N(C)CC(=O)NCCCOC. The van der Waals surface area contributed by atoms with Gasteiger partial charge in [-0.25, -0.2) is 0 Å². The van der Waals surface area contributed by atoms with Crippen LogP contribution in [0.15, 0.2) is 0 Å². The van der Waals surface area contributed by atoms with Gasteiger partial charge in [-0.3, -0.25) is 9.59 Å². The van der Waals surface area contributed by atoms with Gasteiger partial charge in [0, 0.05) is 33.9 Å². The van der Waals surface area contributed by atoms with Gasteiger partial charge < -0.3 is 20.7 Å². The van der Waals surface area contributed by atoms with Gasteiger partial charge in [-0.2, -0.15) is 0 Å². The van der Waals surface area contributed by atoms with Crippen molar-refractivity contribution in [1.82, 2.24) is 10.2 Å². The fourth-order valence-electron chi connectivity index (χ4n) is 1.63. The summed E-state index contributed by atoms with van der Waals surface area (Å²) in [5, 5.41) is 2.75. The van der Waals surface area contributed by atoms with E-state index in [4.69, 9.17) is 10.5 Å². The van der Waals surface area contributed by atoms with Crippen molar-refractivity contribution in [2.75, 3.05) is 40.4 Å². The molecule has 3 N–H and O–H groups in total. The Morgan fingerprint density at radius 1 is 1.42 bits per heavy atom. The van der Waals surface area contributed by atoms with E-state index in [0.717, 1.165) is 6.42 Å². The summed E-state index contributed by atoms with van der Waals surface area (Å²) in [5.74, 6) is -0.257. The van der Waals surface area contributed by atoms with Gasteiger partial charge >= 0.3 is 0 Å². The summed E-state index contributed by atoms with van der Waals surface area (Å²) in [7, 11) is 3.24. The van der Waals surface area contributed by atoms with Crippen molar-refractivity contribution in [2.24, 2.45) is 11.1 Å². The summed E-state index contributed by atoms with van der Waals surface area (Å²) < 4.78 is 4.89. The Hall–Kier alpha value is -1.14. The number of carbonyl (C=O) groups is 2. The number of nitrogens with zero attached hydrogens (tertiary/aromatic N) is 1. The zero-order valence-electron chi connectivity index (χ0n) is 12.5. The highest BCUT2D eigenvalue weighted by molar-refractivity contribution is 5.87. The van der Waals surface area contributed by atoms with Crippen molar-refractivity contribution in [2.45, 2.75) is 26.7 Å². The maximum Gasteiger partial charge on any atom is 0.239 e. The summed E-state index contributed by atoms with van der Waals surface area (Å²) in [5.41, 5.74) is 5.05. The molecule has 0 rings (SSSR count). The molecule has 0 aliphatic rings. The lowest BCUT2D eigenvalue weighted by Crippen LogP contribution is -2.47. The fourth-order valence-corrected chi connectivity index (χ4v) is 1.63. The fraction of sp³-hybridized carbons (Fsp3) is 0.846. The molecule has 0 aromatic carbocycles. The zero-order valence-corrected chi connectivity index (χ0v) is 12.5. The molecular formula is C13H27N3O3. The lowest BCUT2D eigenvalue weighted by atomic mass is 9.86. The van der Waals surface area contributed by atoms with Crippen LogP contribution < -0.4 is 11.1 Å². The summed E-state index contributed by atoms with van der Waals surface area (Å²) in [6.07, 6.45) is 1.41. The molecule has 0 saturated carbocycles. The lowest BCUT2D eigenvalue weighted by molar-refractivity contribution is -0.142. The first-order chi connectivity index (χ1) is 8.91. The van der Waals surface area contributed by atoms with E-state index in [1.54, 1.807) is 14.2 Å². The number of nitrogens with one attached hydrogen (secondary N) is 1. The lowest BCUT2D eigenvalue weighted by Gasteiger charge is -2.30. The van der Waals surface area contributed by atoms with Crippen molar-refractivity contribution in [3.05, 3.63) is 0 Å². The van der Waals surface area contributed by atoms with Crippen LogP contribution >= 0.6 is 0 Å². The quantitative estimate of drug-likeness (QED) is 0.578. The second-order valence-corrected chi connectivity index (χ2v) is 4.98. The summed E-state index contributed by atoms with van der Waals surface area (Å²) >= 11 is 0. The number of amides is 2. The van der Waals surface area contributed by atoms with Gasteiger partial charge in [0.1, 0.15) is 0 Å². The molecule has 1 atom stereocenters. The Balaban J connectivity index is 4.18. The van der Waals surface area contributed by atoms with Gasteiger partial charge in [0.2, 0.25) is 11.8 Å². The molecule has 0 bridgehead atoms. The zero-order chi connectivity index (χ0) is 14.9. The van der Waals surface area contributed by atoms with Crippen LogP contribution in [-0.4, -0.2) is 57.1 Å². The van der Waals surface area contributed by atoms with Gasteiger partial charge in [0.15, 0.2) is 0 Å². The predicted octanol–water partition coefficient (Wildman–Crippen LogP) is -0.0275. The molecule has 0 aromatic rings. The Kier molecular flexibility index (Phi) is 8.34. The molecule has 0 fully saturated rings. The molecule has 2 amide bonds. The number of hydrogen-bond acceptors (Lipinski definition) is 4. The number of rotatable bonds is 9. The van der Waals surface area contributed by atoms with Gasteiger partial charge in [-0.1, -0.05) is 6.92 Å². The van der Waals surface area contributed by atoms with E-state index in [1.807, 2.05) is 13.8 Å². The molecule has 1 unspecified atom stereocenters. The molecule has 0 heterocycles. The molecule has 6 nitrogen and oxygen atoms in total. The van der Waals surface area contributed by atoms with E-state index >= 15 is 0 Å². The first-order valence-corrected chi connectivity index (χ1v) is 6.62. The van der Waals surface area contributed by atoms with Crippen molar-refractivity contribution in [3.8, 4) is 0 Å². The summed E-state index contributed by atoms with van der Waals surface area (Å²) in [6, 6.07) is 0. The van der Waals surface area contributed by atoms with E-state index < -0.39 is 5.41 Å². The highest BCUT2D eigenvalue weighted by atomic mass is 16.5. The third-order valence-corrected chi connectivity index (χ3v) is 3.32. The predicted molar refractivity (Wildman–Crippen MR) is 74.6 cm³/mol. The molecule has 0 aliphatic heterocycles. The third kappa shape index (κ3) is 6.02. The molecule has 112 valence electrons. The number of methoxy groups -OCH3 is 1. The molecule has 19 heavy (non-hydrogen) atoms. The van der Waals surface area contributed by atoms with E-state index in [-0.39, 0.29) is 24.9 Å². The molecule has 6 heteroatoms. The molecular weight excluding hydrogens is 246 g/mol. The Morgan fingerprint density at radius 3 is 2.53 bits per heavy atom. The number of carbonyl (C=O) groups excluding carboxylic acids is 2. The van der Waals surface area contributed by atoms with Crippen molar-refractivity contribution >= 4 is 11.8 Å². The average Bonchev–Trinajstić information content (AvgIpc) is 2.41. The standard InChI is InChI=1S/C13H27N3O3/c1-5-13(2,10-14)12(18)16(3)9-11(17)15-7-6-8-19-4/h5-10,14H2,1-4H3,(H,15,17). The smallest absolute Gasteiger partial charge is 0.239 e.